The lowest BCUT2D eigenvalue weighted by atomic mass is 10.1. The van der Waals surface area contributed by atoms with E-state index in [9.17, 15) is 10.1 Å². The molecule has 0 aromatic heterocycles. The molecule has 150 valence electrons. The summed E-state index contributed by atoms with van der Waals surface area (Å²) in [4.78, 5) is 12.5. The van der Waals surface area contributed by atoms with Crippen LogP contribution >= 0.6 is 11.6 Å². The predicted octanol–water partition coefficient (Wildman–Crippen LogP) is 6.08. The number of benzene rings is 3. The quantitative estimate of drug-likeness (QED) is 0.391. The third-order valence-corrected chi connectivity index (χ3v) is 4.58. The molecule has 0 aliphatic heterocycles. The first kappa shape index (κ1) is 21.2. The number of carbonyl (C=O) groups is 1. The van der Waals surface area contributed by atoms with Gasteiger partial charge in [0.05, 0.1) is 0 Å². The Balaban J connectivity index is 1.79. The summed E-state index contributed by atoms with van der Waals surface area (Å²) in [6.45, 7) is 4.49. The van der Waals surface area contributed by atoms with Crippen LogP contribution in [-0.4, -0.2) is 5.91 Å². The number of anilines is 1. The van der Waals surface area contributed by atoms with Gasteiger partial charge < -0.3 is 10.1 Å². The molecule has 30 heavy (non-hydrogen) atoms. The highest BCUT2D eigenvalue weighted by molar-refractivity contribution is 6.31. The molecule has 1 N–H and O–H groups in total. The molecular formula is C25H21ClN2O2. The second-order valence-corrected chi connectivity index (χ2v) is 7.39. The fourth-order valence-electron chi connectivity index (χ4n) is 3.11. The molecule has 0 atom stereocenters. The van der Waals surface area contributed by atoms with Crippen LogP contribution in [0, 0.1) is 25.2 Å². The summed E-state index contributed by atoms with van der Waals surface area (Å²) in [5.74, 6) is 0.0869. The summed E-state index contributed by atoms with van der Waals surface area (Å²) in [7, 11) is 0. The van der Waals surface area contributed by atoms with E-state index in [1.54, 1.807) is 30.3 Å². The standard InChI is InChI=1S/C25H21ClN2O2/c1-17-10-18(2)12-19(11-17)16-30-24-9-4-3-6-20(24)13-21(15-27)25(29)28-23-8-5-7-22(26)14-23/h3-14H,16H2,1-2H3,(H,28,29)/b21-13+. The van der Waals surface area contributed by atoms with E-state index in [4.69, 9.17) is 16.3 Å². The molecule has 0 radical (unpaired) electrons. The van der Waals surface area contributed by atoms with Gasteiger partial charge in [0.1, 0.15) is 24.0 Å². The van der Waals surface area contributed by atoms with Gasteiger partial charge in [-0.3, -0.25) is 4.79 Å². The van der Waals surface area contributed by atoms with Crippen molar-refractivity contribution in [2.24, 2.45) is 0 Å². The maximum Gasteiger partial charge on any atom is 0.266 e. The number of carbonyl (C=O) groups excluding carboxylic acids is 1. The summed E-state index contributed by atoms with van der Waals surface area (Å²) >= 11 is 5.95. The van der Waals surface area contributed by atoms with Crippen molar-refractivity contribution < 1.29 is 9.53 Å². The van der Waals surface area contributed by atoms with E-state index in [0.29, 0.717) is 28.6 Å². The number of ether oxygens (including phenoxy) is 1. The van der Waals surface area contributed by atoms with Crippen LogP contribution in [0.2, 0.25) is 5.02 Å². The Morgan fingerprint density at radius 3 is 2.50 bits per heavy atom. The Kier molecular flexibility index (Phi) is 6.90. The molecule has 3 rings (SSSR count). The van der Waals surface area contributed by atoms with Crippen molar-refractivity contribution in [1.82, 2.24) is 0 Å². The Labute approximate surface area is 181 Å². The highest BCUT2D eigenvalue weighted by Gasteiger charge is 2.12. The summed E-state index contributed by atoms with van der Waals surface area (Å²) < 4.78 is 5.99. The van der Waals surface area contributed by atoms with Gasteiger partial charge in [-0.25, -0.2) is 0 Å². The molecule has 0 saturated heterocycles. The largest absolute Gasteiger partial charge is 0.488 e. The fraction of sp³-hybridized carbons (Fsp3) is 0.120. The lowest BCUT2D eigenvalue weighted by Crippen LogP contribution is -2.13. The van der Waals surface area contributed by atoms with Gasteiger partial charge in [0.15, 0.2) is 0 Å². The third kappa shape index (κ3) is 5.73. The van der Waals surface area contributed by atoms with Gasteiger partial charge in [-0.2, -0.15) is 5.26 Å². The number of nitrogens with one attached hydrogen (secondary N) is 1. The van der Waals surface area contributed by atoms with E-state index in [-0.39, 0.29) is 5.57 Å². The third-order valence-electron chi connectivity index (χ3n) is 4.34. The monoisotopic (exact) mass is 416 g/mol. The van der Waals surface area contributed by atoms with Gasteiger partial charge >= 0.3 is 0 Å². The molecule has 0 heterocycles. The van der Waals surface area contributed by atoms with Crippen LogP contribution in [0.15, 0.2) is 72.3 Å². The molecule has 5 heteroatoms. The lowest BCUT2D eigenvalue weighted by molar-refractivity contribution is -0.112. The predicted molar refractivity (Wildman–Crippen MR) is 120 cm³/mol. The zero-order valence-electron chi connectivity index (χ0n) is 16.8. The van der Waals surface area contributed by atoms with Crippen LogP contribution in [0.4, 0.5) is 5.69 Å². The molecule has 0 aliphatic carbocycles. The van der Waals surface area contributed by atoms with Gasteiger partial charge in [0.2, 0.25) is 0 Å². The maximum absolute atomic E-state index is 12.5. The van der Waals surface area contributed by atoms with Crippen molar-refractivity contribution in [2.45, 2.75) is 20.5 Å². The highest BCUT2D eigenvalue weighted by Crippen LogP contribution is 2.23. The number of hydrogen-bond donors (Lipinski definition) is 1. The van der Waals surface area contributed by atoms with Crippen LogP contribution in [0.3, 0.4) is 0 Å². The van der Waals surface area contributed by atoms with Crippen molar-refractivity contribution in [3.05, 3.63) is 99.6 Å². The first-order valence-electron chi connectivity index (χ1n) is 9.42. The molecule has 0 fully saturated rings. The van der Waals surface area contributed by atoms with Crippen molar-refractivity contribution in [2.75, 3.05) is 5.32 Å². The Bertz CT molecular complexity index is 1130. The van der Waals surface area contributed by atoms with E-state index < -0.39 is 5.91 Å². The number of hydrogen-bond acceptors (Lipinski definition) is 3. The van der Waals surface area contributed by atoms with Gasteiger partial charge in [-0.1, -0.05) is 65.2 Å². The maximum atomic E-state index is 12.5. The summed E-state index contributed by atoms with van der Waals surface area (Å²) in [6.07, 6.45) is 1.52. The van der Waals surface area contributed by atoms with Gasteiger partial charge in [0.25, 0.3) is 5.91 Å². The van der Waals surface area contributed by atoms with E-state index in [0.717, 1.165) is 5.56 Å². The average molecular weight is 417 g/mol. The highest BCUT2D eigenvalue weighted by atomic mass is 35.5. The molecule has 4 nitrogen and oxygen atoms in total. The van der Waals surface area contributed by atoms with E-state index in [1.165, 1.54) is 17.2 Å². The van der Waals surface area contributed by atoms with Gasteiger partial charge in [-0.05, 0) is 49.8 Å². The smallest absolute Gasteiger partial charge is 0.266 e. The summed E-state index contributed by atoms with van der Waals surface area (Å²) in [5, 5.41) is 12.7. The van der Waals surface area contributed by atoms with Crippen molar-refractivity contribution in [3.63, 3.8) is 0 Å². The van der Waals surface area contributed by atoms with Gasteiger partial charge in [0, 0.05) is 16.3 Å². The number of nitriles is 1. The topological polar surface area (TPSA) is 62.1 Å². The molecular weight excluding hydrogens is 396 g/mol. The van der Waals surface area contributed by atoms with Crippen LogP contribution in [0.5, 0.6) is 5.75 Å². The first-order chi connectivity index (χ1) is 14.4. The number of para-hydroxylation sites is 1. The molecule has 0 unspecified atom stereocenters. The van der Waals surface area contributed by atoms with Crippen molar-refractivity contribution in [1.29, 1.82) is 5.26 Å². The molecule has 0 saturated carbocycles. The summed E-state index contributed by atoms with van der Waals surface area (Å²) in [6, 6.07) is 22.3. The Morgan fingerprint density at radius 1 is 1.07 bits per heavy atom. The van der Waals surface area contributed by atoms with Crippen LogP contribution in [0.25, 0.3) is 6.08 Å². The summed E-state index contributed by atoms with van der Waals surface area (Å²) in [5.41, 5.74) is 4.55. The van der Waals surface area contributed by atoms with Crippen LogP contribution in [0.1, 0.15) is 22.3 Å². The number of nitrogens with zero attached hydrogens (tertiary/aromatic N) is 1. The molecule has 3 aromatic rings. The minimum Gasteiger partial charge on any atom is -0.488 e. The number of halogens is 1. The van der Waals surface area contributed by atoms with Crippen LogP contribution in [-0.2, 0) is 11.4 Å². The molecule has 0 aliphatic rings. The fourth-order valence-corrected chi connectivity index (χ4v) is 3.30. The van der Waals surface area contributed by atoms with E-state index in [2.05, 4.69) is 23.5 Å². The van der Waals surface area contributed by atoms with Crippen molar-refractivity contribution in [3.8, 4) is 11.8 Å². The number of rotatable bonds is 6. The van der Waals surface area contributed by atoms with E-state index in [1.807, 2.05) is 38.1 Å². The minimum atomic E-state index is -0.510. The molecule has 1 amide bonds. The normalized spacial score (nSPS) is 10.9. The minimum absolute atomic E-state index is 0.0302. The molecule has 0 bridgehead atoms. The zero-order chi connectivity index (χ0) is 21.5. The van der Waals surface area contributed by atoms with Crippen molar-refractivity contribution >= 4 is 29.3 Å². The Hall–Kier alpha value is -3.55. The van der Waals surface area contributed by atoms with Crippen LogP contribution < -0.4 is 10.1 Å². The Morgan fingerprint density at radius 2 is 1.80 bits per heavy atom. The molecule has 3 aromatic carbocycles. The van der Waals surface area contributed by atoms with Gasteiger partial charge in [-0.15, -0.1) is 0 Å². The van der Waals surface area contributed by atoms with E-state index >= 15 is 0 Å². The average Bonchev–Trinajstić information content (AvgIpc) is 2.70. The zero-order valence-corrected chi connectivity index (χ0v) is 17.5. The first-order valence-corrected chi connectivity index (χ1v) is 9.80. The number of amides is 1. The lowest BCUT2D eigenvalue weighted by Gasteiger charge is -2.11. The second-order valence-electron chi connectivity index (χ2n) is 6.96. The molecule has 0 spiro atoms. The number of aryl methyl sites for hydroxylation is 2. The second kappa shape index (κ2) is 9.78. The SMILES string of the molecule is Cc1cc(C)cc(COc2ccccc2/C=C(\C#N)C(=O)Nc2cccc(Cl)c2)c1.